The molecule has 0 amide bonds. The number of allylic oxidation sites excluding steroid dienone is 1. The van der Waals surface area contributed by atoms with E-state index >= 15 is 0 Å². The maximum Gasteiger partial charge on any atom is 0.0447 e. The predicted molar refractivity (Wildman–Crippen MR) is 42.2 cm³/mol. The van der Waals surface area contributed by atoms with Crippen molar-refractivity contribution in [3.63, 3.8) is 0 Å². The maximum absolute atomic E-state index is 8.37. The second-order valence-electron chi connectivity index (χ2n) is 2.05. The van der Waals surface area contributed by atoms with Gasteiger partial charge in [-0.3, -0.25) is 0 Å². The maximum atomic E-state index is 8.37. The lowest BCUT2D eigenvalue weighted by molar-refractivity contribution is 0.288. The molecule has 0 atom stereocenters. The summed E-state index contributed by atoms with van der Waals surface area (Å²) >= 11 is 0. The van der Waals surface area contributed by atoms with Crippen molar-refractivity contribution >= 4 is 5.71 Å². The normalized spacial score (nSPS) is 10.2. The third kappa shape index (κ3) is 7.17. The molecule has 0 aromatic carbocycles. The molecule has 0 aliphatic carbocycles. The summed E-state index contributed by atoms with van der Waals surface area (Å²) in [5.41, 5.74) is 0.525. The van der Waals surface area contributed by atoms with Crippen LogP contribution in [-0.2, 0) is 0 Å². The van der Waals surface area contributed by atoms with Gasteiger partial charge >= 0.3 is 0 Å². The van der Waals surface area contributed by atoms with Gasteiger partial charge in [0.1, 0.15) is 0 Å². The number of nitrogens with one attached hydrogen (secondary N) is 2. The van der Waals surface area contributed by atoms with Crippen molar-refractivity contribution in [2.24, 2.45) is 0 Å². The first-order valence-electron chi connectivity index (χ1n) is 3.33. The molecule has 3 nitrogen and oxygen atoms in total. The average molecular weight is 142 g/mol. The van der Waals surface area contributed by atoms with Crippen molar-refractivity contribution < 1.29 is 5.11 Å². The van der Waals surface area contributed by atoms with E-state index in [9.17, 15) is 0 Å². The van der Waals surface area contributed by atoms with Gasteiger partial charge in [0.2, 0.25) is 0 Å². The van der Waals surface area contributed by atoms with Crippen LogP contribution in [0.4, 0.5) is 0 Å². The molecule has 3 heteroatoms. The molecule has 0 spiro atoms. The van der Waals surface area contributed by atoms with Gasteiger partial charge in [0.15, 0.2) is 0 Å². The van der Waals surface area contributed by atoms with Crippen LogP contribution in [0.5, 0.6) is 0 Å². The molecule has 0 saturated heterocycles. The number of rotatable bonds is 5. The minimum absolute atomic E-state index is 0.213. The minimum atomic E-state index is 0.213. The van der Waals surface area contributed by atoms with E-state index in [1.807, 2.05) is 0 Å². The van der Waals surface area contributed by atoms with Crippen molar-refractivity contribution in [1.82, 2.24) is 5.32 Å². The summed E-state index contributed by atoms with van der Waals surface area (Å²) in [6.45, 7) is 2.69. The van der Waals surface area contributed by atoms with Gasteiger partial charge in [-0.1, -0.05) is 0 Å². The van der Waals surface area contributed by atoms with Crippen molar-refractivity contribution in [2.45, 2.75) is 13.3 Å². The fraction of sp³-hybridized carbons (Fsp3) is 0.571. The topological polar surface area (TPSA) is 56.1 Å². The number of hydrogen-bond donors (Lipinski definition) is 3. The lowest BCUT2D eigenvalue weighted by Crippen LogP contribution is -2.08. The molecule has 0 saturated carbocycles. The van der Waals surface area contributed by atoms with Crippen LogP contribution in [0.3, 0.4) is 0 Å². The van der Waals surface area contributed by atoms with E-state index in [1.165, 1.54) is 0 Å². The molecule has 0 heterocycles. The first-order valence-corrected chi connectivity index (χ1v) is 3.33. The van der Waals surface area contributed by atoms with Gasteiger partial charge in [0.25, 0.3) is 0 Å². The fourth-order valence-electron chi connectivity index (χ4n) is 0.448. The zero-order valence-electron chi connectivity index (χ0n) is 6.22. The van der Waals surface area contributed by atoms with Crippen molar-refractivity contribution in [3.05, 3.63) is 12.3 Å². The Morgan fingerprint density at radius 2 is 2.40 bits per heavy atom. The SMILES string of the molecule is CC(=N)/C=C\NCCCO. The van der Waals surface area contributed by atoms with E-state index in [0.29, 0.717) is 5.71 Å². The molecule has 58 valence electrons. The molecular weight excluding hydrogens is 128 g/mol. The fourth-order valence-corrected chi connectivity index (χ4v) is 0.448. The highest BCUT2D eigenvalue weighted by Crippen LogP contribution is 1.74. The molecule has 0 unspecified atom stereocenters. The molecule has 0 radical (unpaired) electrons. The predicted octanol–water partition coefficient (Wildman–Crippen LogP) is 0.512. The molecule has 0 aliphatic heterocycles. The summed E-state index contributed by atoms with van der Waals surface area (Å²) in [5.74, 6) is 0. The van der Waals surface area contributed by atoms with Gasteiger partial charge in [0, 0.05) is 18.9 Å². The van der Waals surface area contributed by atoms with E-state index < -0.39 is 0 Å². The monoisotopic (exact) mass is 142 g/mol. The smallest absolute Gasteiger partial charge is 0.0447 e. The zero-order valence-corrected chi connectivity index (χ0v) is 6.22. The van der Waals surface area contributed by atoms with Gasteiger partial charge in [-0.2, -0.15) is 0 Å². The van der Waals surface area contributed by atoms with Crippen LogP contribution < -0.4 is 5.32 Å². The van der Waals surface area contributed by atoms with Gasteiger partial charge in [-0.25, -0.2) is 0 Å². The van der Waals surface area contributed by atoms with Gasteiger partial charge < -0.3 is 15.8 Å². The largest absolute Gasteiger partial charge is 0.396 e. The molecule has 10 heavy (non-hydrogen) atoms. The van der Waals surface area contributed by atoms with E-state index in [1.54, 1.807) is 19.2 Å². The molecule has 3 N–H and O–H groups in total. The van der Waals surface area contributed by atoms with E-state index in [0.717, 1.165) is 13.0 Å². The third-order valence-electron chi connectivity index (χ3n) is 0.930. The van der Waals surface area contributed by atoms with Crippen molar-refractivity contribution in [1.29, 1.82) is 5.41 Å². The second-order valence-corrected chi connectivity index (χ2v) is 2.05. The molecule has 0 fully saturated rings. The van der Waals surface area contributed by atoms with Crippen LogP contribution in [0.15, 0.2) is 12.3 Å². The molecule has 0 bridgehead atoms. The molecule has 0 aromatic heterocycles. The first kappa shape index (κ1) is 9.17. The molecule has 0 rings (SSSR count). The van der Waals surface area contributed by atoms with Crippen LogP contribution in [0.1, 0.15) is 13.3 Å². The van der Waals surface area contributed by atoms with Crippen LogP contribution in [0, 0.1) is 5.41 Å². The van der Waals surface area contributed by atoms with Crippen LogP contribution in [0.25, 0.3) is 0 Å². The zero-order chi connectivity index (χ0) is 7.82. The Hall–Kier alpha value is -0.830. The Balaban J connectivity index is 3.10. The summed E-state index contributed by atoms with van der Waals surface area (Å²) in [5, 5.41) is 18.3. The van der Waals surface area contributed by atoms with Crippen LogP contribution >= 0.6 is 0 Å². The summed E-state index contributed by atoms with van der Waals surface area (Å²) in [6.07, 6.45) is 4.15. The quantitative estimate of drug-likeness (QED) is 0.387. The van der Waals surface area contributed by atoms with Gasteiger partial charge in [-0.15, -0.1) is 0 Å². The van der Waals surface area contributed by atoms with E-state index in [4.69, 9.17) is 10.5 Å². The Morgan fingerprint density at radius 1 is 1.70 bits per heavy atom. The Labute approximate surface area is 61.3 Å². The lowest BCUT2D eigenvalue weighted by Gasteiger charge is -1.95. The standard InChI is InChI=1S/C7H14N2O/c1-7(8)3-5-9-4-2-6-10/h3,5,8-10H,2,4,6H2,1H3/b5-3-,8-7?. The highest BCUT2D eigenvalue weighted by Gasteiger charge is 1.79. The number of aliphatic hydroxyl groups excluding tert-OH is 1. The van der Waals surface area contributed by atoms with Gasteiger partial charge in [-0.05, 0) is 25.6 Å². The third-order valence-corrected chi connectivity index (χ3v) is 0.930. The average Bonchev–Trinajstić information content (AvgIpc) is 1.87. The Kier molecular flexibility index (Phi) is 5.77. The summed E-state index contributed by atoms with van der Waals surface area (Å²) in [4.78, 5) is 0. The number of hydrogen-bond acceptors (Lipinski definition) is 3. The van der Waals surface area contributed by atoms with E-state index in [-0.39, 0.29) is 6.61 Å². The van der Waals surface area contributed by atoms with Crippen molar-refractivity contribution in [3.8, 4) is 0 Å². The first-order chi connectivity index (χ1) is 4.77. The minimum Gasteiger partial charge on any atom is -0.396 e. The Morgan fingerprint density at radius 3 is 2.90 bits per heavy atom. The molecular formula is C7H14N2O. The molecule has 0 aliphatic rings. The summed E-state index contributed by atoms with van der Waals surface area (Å²) < 4.78 is 0. The van der Waals surface area contributed by atoms with Gasteiger partial charge in [0.05, 0.1) is 0 Å². The number of aliphatic hydroxyl groups is 1. The second kappa shape index (κ2) is 6.29. The molecule has 0 aromatic rings. The lowest BCUT2D eigenvalue weighted by atomic mass is 10.4. The van der Waals surface area contributed by atoms with Crippen LogP contribution in [0.2, 0.25) is 0 Å². The van der Waals surface area contributed by atoms with Crippen LogP contribution in [-0.4, -0.2) is 24.0 Å². The highest BCUT2D eigenvalue weighted by atomic mass is 16.3. The summed E-state index contributed by atoms with van der Waals surface area (Å²) in [7, 11) is 0. The van der Waals surface area contributed by atoms with Crippen molar-refractivity contribution in [2.75, 3.05) is 13.2 Å². The summed E-state index contributed by atoms with van der Waals surface area (Å²) in [6, 6.07) is 0. The Bertz CT molecular complexity index is 121. The van der Waals surface area contributed by atoms with E-state index in [2.05, 4.69) is 5.32 Å². The highest BCUT2D eigenvalue weighted by molar-refractivity contribution is 5.89.